The molecule has 0 bridgehead atoms. The van der Waals surface area contributed by atoms with E-state index in [0.717, 1.165) is 44.1 Å². The Kier molecular flexibility index (Phi) is 22.8. The van der Waals surface area contributed by atoms with Gasteiger partial charge in [0.05, 0.1) is 5.92 Å². The molecule has 0 aromatic heterocycles. The summed E-state index contributed by atoms with van der Waals surface area (Å²) in [5, 5.41) is 35.1. The number of unbranched alkanes of at least 4 members (excludes halogenated alkanes) is 12. The second-order valence-electron chi connectivity index (χ2n) is 12.6. The van der Waals surface area contributed by atoms with Gasteiger partial charge >= 0.3 is 17.9 Å². The number of carbonyl (C=O) groups excluding carboxylic acids is 3. The molecule has 0 aliphatic heterocycles. The van der Waals surface area contributed by atoms with Crippen molar-refractivity contribution in [2.24, 2.45) is 5.92 Å². The second-order valence-corrected chi connectivity index (χ2v) is 12.6. The molecular formula is C36H57N3O9. The van der Waals surface area contributed by atoms with Gasteiger partial charge in [-0.1, -0.05) is 89.7 Å². The topological polar surface area (TPSA) is 199 Å². The summed E-state index contributed by atoms with van der Waals surface area (Å²) in [6, 6.07) is 5.30. The fraction of sp³-hybridized carbons (Fsp3) is 0.667. The molecule has 0 saturated carbocycles. The van der Waals surface area contributed by atoms with Crippen molar-refractivity contribution in [3.05, 3.63) is 35.4 Å². The van der Waals surface area contributed by atoms with Crippen molar-refractivity contribution in [2.45, 2.75) is 142 Å². The number of carboxylic acid groups (broad SMARTS) is 3. The van der Waals surface area contributed by atoms with Crippen LogP contribution in [0.5, 0.6) is 0 Å². The third-order valence-electron chi connectivity index (χ3n) is 8.32. The zero-order valence-corrected chi connectivity index (χ0v) is 28.6. The maximum Gasteiger partial charge on any atom is 0.326 e. The van der Waals surface area contributed by atoms with Gasteiger partial charge in [0.1, 0.15) is 6.04 Å². The Morgan fingerprint density at radius 2 is 1.10 bits per heavy atom. The first-order valence-electron chi connectivity index (χ1n) is 17.6. The lowest BCUT2D eigenvalue weighted by Gasteiger charge is -2.15. The van der Waals surface area contributed by atoms with Crippen LogP contribution in [0.2, 0.25) is 0 Å². The van der Waals surface area contributed by atoms with Crippen LogP contribution >= 0.6 is 0 Å². The van der Waals surface area contributed by atoms with E-state index >= 15 is 0 Å². The molecule has 0 fully saturated rings. The van der Waals surface area contributed by atoms with Gasteiger partial charge in [-0.25, -0.2) is 4.79 Å². The number of aliphatic carboxylic acids is 3. The Balaban J connectivity index is 2.18. The Hall–Kier alpha value is -3.96. The molecule has 1 aromatic carbocycles. The van der Waals surface area contributed by atoms with Gasteiger partial charge in [-0.3, -0.25) is 24.0 Å². The lowest BCUT2D eigenvalue weighted by atomic mass is 10.0. The van der Waals surface area contributed by atoms with Crippen LogP contribution in [-0.2, 0) is 30.5 Å². The number of carboxylic acids is 3. The van der Waals surface area contributed by atoms with Crippen LogP contribution in [0.25, 0.3) is 0 Å². The van der Waals surface area contributed by atoms with Crippen LogP contribution in [0.15, 0.2) is 24.3 Å². The summed E-state index contributed by atoms with van der Waals surface area (Å²) in [5.74, 6) is -4.19. The maximum atomic E-state index is 12.6. The minimum absolute atomic E-state index is 0.0266. The van der Waals surface area contributed by atoms with Crippen LogP contribution < -0.4 is 16.0 Å². The molecule has 12 nitrogen and oxygen atoms in total. The predicted octanol–water partition coefficient (Wildman–Crippen LogP) is 5.82. The summed E-state index contributed by atoms with van der Waals surface area (Å²) in [4.78, 5) is 70.0. The van der Waals surface area contributed by atoms with E-state index in [2.05, 4.69) is 16.0 Å². The molecule has 270 valence electrons. The number of amides is 3. The van der Waals surface area contributed by atoms with Crippen LogP contribution in [0.4, 0.5) is 0 Å². The monoisotopic (exact) mass is 675 g/mol. The summed E-state index contributed by atoms with van der Waals surface area (Å²) in [7, 11) is 0. The van der Waals surface area contributed by atoms with E-state index in [4.69, 9.17) is 10.2 Å². The van der Waals surface area contributed by atoms with Crippen molar-refractivity contribution < 1.29 is 44.1 Å². The van der Waals surface area contributed by atoms with Gasteiger partial charge in [0.2, 0.25) is 11.8 Å². The number of hydrogen-bond acceptors (Lipinski definition) is 6. The minimum Gasteiger partial charge on any atom is -0.481 e. The second kappa shape index (κ2) is 26.0. The van der Waals surface area contributed by atoms with E-state index in [-0.39, 0.29) is 36.6 Å². The molecular weight excluding hydrogens is 618 g/mol. The van der Waals surface area contributed by atoms with Gasteiger partial charge in [0, 0.05) is 37.9 Å². The molecule has 0 aliphatic carbocycles. The number of hydrogen-bond donors (Lipinski definition) is 6. The number of nitrogens with one attached hydrogen (secondary N) is 3. The average Bonchev–Trinajstić information content (AvgIpc) is 3.05. The molecule has 48 heavy (non-hydrogen) atoms. The number of benzene rings is 1. The van der Waals surface area contributed by atoms with Gasteiger partial charge in [0.25, 0.3) is 5.91 Å². The normalized spacial score (nSPS) is 12.1. The fourth-order valence-corrected chi connectivity index (χ4v) is 5.18. The van der Waals surface area contributed by atoms with Gasteiger partial charge in [-0.15, -0.1) is 0 Å². The van der Waals surface area contributed by atoms with Gasteiger partial charge < -0.3 is 31.3 Å². The molecule has 2 atom stereocenters. The van der Waals surface area contributed by atoms with E-state index in [1.165, 1.54) is 38.5 Å². The molecule has 0 spiro atoms. The van der Waals surface area contributed by atoms with E-state index in [0.29, 0.717) is 38.8 Å². The van der Waals surface area contributed by atoms with Gasteiger partial charge in [-0.05, 0) is 49.8 Å². The molecule has 12 heteroatoms. The van der Waals surface area contributed by atoms with Crippen molar-refractivity contribution in [3.63, 3.8) is 0 Å². The van der Waals surface area contributed by atoms with Gasteiger partial charge in [-0.2, -0.15) is 0 Å². The molecule has 1 aromatic rings. The van der Waals surface area contributed by atoms with E-state index < -0.39 is 35.8 Å². The quantitative estimate of drug-likeness (QED) is 0.0566. The third-order valence-corrected chi connectivity index (χ3v) is 8.32. The highest BCUT2D eigenvalue weighted by atomic mass is 16.4. The summed E-state index contributed by atoms with van der Waals surface area (Å²) >= 11 is 0. The zero-order valence-electron chi connectivity index (χ0n) is 28.6. The maximum absolute atomic E-state index is 12.6. The predicted molar refractivity (Wildman–Crippen MR) is 182 cm³/mol. The van der Waals surface area contributed by atoms with Crippen LogP contribution in [-0.4, -0.2) is 63.5 Å². The Morgan fingerprint density at radius 1 is 0.583 bits per heavy atom. The molecule has 6 N–H and O–H groups in total. The Bertz CT molecular complexity index is 1120. The van der Waals surface area contributed by atoms with E-state index in [1.807, 2.05) is 0 Å². The Morgan fingerprint density at radius 3 is 1.62 bits per heavy atom. The number of carbonyl (C=O) groups is 6. The van der Waals surface area contributed by atoms with Crippen LogP contribution in [0.1, 0.15) is 145 Å². The first-order chi connectivity index (χ1) is 23.0. The summed E-state index contributed by atoms with van der Waals surface area (Å²) < 4.78 is 0. The lowest BCUT2D eigenvalue weighted by Crippen LogP contribution is -2.41. The smallest absolute Gasteiger partial charge is 0.326 e. The first-order valence-corrected chi connectivity index (χ1v) is 17.6. The number of rotatable bonds is 29. The molecule has 0 heterocycles. The largest absolute Gasteiger partial charge is 0.481 e. The Labute approximate surface area is 284 Å². The van der Waals surface area contributed by atoms with E-state index in [1.54, 1.807) is 31.2 Å². The third kappa shape index (κ3) is 21.8. The van der Waals surface area contributed by atoms with Crippen molar-refractivity contribution >= 4 is 35.6 Å². The summed E-state index contributed by atoms with van der Waals surface area (Å²) in [6.07, 6.45) is 15.4. The minimum atomic E-state index is -1.24. The molecule has 0 aliphatic rings. The standard InChI is InChI=1S/C36H57N3O9/c1-27(35(45)46)16-14-15-25-37-32(41)24-23-30(36(47)48)39-34(44)29-21-19-28(20-22-29)26-38-31(40)17-12-10-8-6-4-2-3-5-7-9-11-13-18-33(42)43/h19-22,27,30H,2-18,23-26H2,1H3,(H,37,41)(H,38,40)(H,39,44)(H,42,43)(H,45,46)(H,47,48)/t27-,30+/m0/s1. The highest BCUT2D eigenvalue weighted by Gasteiger charge is 2.22. The zero-order chi connectivity index (χ0) is 35.6. The van der Waals surface area contributed by atoms with E-state index in [9.17, 15) is 33.9 Å². The summed E-state index contributed by atoms with van der Waals surface area (Å²) in [6.45, 7) is 2.32. The molecule has 0 radical (unpaired) electrons. The van der Waals surface area contributed by atoms with Gasteiger partial charge in [0.15, 0.2) is 0 Å². The molecule has 1 rings (SSSR count). The highest BCUT2D eigenvalue weighted by molar-refractivity contribution is 5.96. The van der Waals surface area contributed by atoms with Crippen LogP contribution in [0, 0.1) is 5.92 Å². The molecule has 0 unspecified atom stereocenters. The average molecular weight is 676 g/mol. The molecule has 0 saturated heterocycles. The van der Waals surface area contributed by atoms with Crippen molar-refractivity contribution in [2.75, 3.05) is 6.54 Å². The van der Waals surface area contributed by atoms with Crippen LogP contribution in [0.3, 0.4) is 0 Å². The highest BCUT2D eigenvalue weighted by Crippen LogP contribution is 2.13. The molecule has 3 amide bonds. The summed E-state index contributed by atoms with van der Waals surface area (Å²) in [5.41, 5.74) is 1.08. The fourth-order valence-electron chi connectivity index (χ4n) is 5.18. The SMILES string of the molecule is C[C@@H](CCCCNC(=O)CC[C@@H](NC(=O)c1ccc(CNC(=O)CCCCCCCCCCCCCCC(=O)O)cc1)C(=O)O)C(=O)O. The van der Waals surface area contributed by atoms with Crippen molar-refractivity contribution in [1.29, 1.82) is 0 Å². The first kappa shape index (κ1) is 42.1. The lowest BCUT2D eigenvalue weighted by molar-refractivity contribution is -0.141. The van der Waals surface area contributed by atoms with Crippen molar-refractivity contribution in [1.82, 2.24) is 16.0 Å². The van der Waals surface area contributed by atoms with Crippen molar-refractivity contribution in [3.8, 4) is 0 Å².